The number of para-hydroxylation sites is 1. The first-order valence-corrected chi connectivity index (χ1v) is 12.2. The Balaban J connectivity index is 1.61. The van der Waals surface area contributed by atoms with Gasteiger partial charge in [0.15, 0.2) is 6.10 Å². The lowest BCUT2D eigenvalue weighted by molar-refractivity contribution is -0.169. The van der Waals surface area contributed by atoms with Crippen molar-refractivity contribution in [2.24, 2.45) is 5.92 Å². The van der Waals surface area contributed by atoms with Gasteiger partial charge in [0.2, 0.25) is 6.10 Å². The molecular weight excluding hydrogens is 442 g/mol. The third-order valence-electron chi connectivity index (χ3n) is 5.77. The molecule has 1 saturated heterocycles. The van der Waals surface area contributed by atoms with Crippen molar-refractivity contribution in [1.82, 2.24) is 4.90 Å². The Morgan fingerprint density at radius 3 is 2.37 bits per heavy atom. The zero-order valence-electron chi connectivity index (χ0n) is 20.8. The predicted octanol–water partition coefficient (Wildman–Crippen LogP) is 4.80. The molecule has 6 nitrogen and oxygen atoms in total. The van der Waals surface area contributed by atoms with Crippen molar-refractivity contribution in [2.75, 3.05) is 19.7 Å². The molecule has 1 fully saturated rings. The number of likely N-dealkylation sites (tertiary alicyclic amines) is 1. The summed E-state index contributed by atoms with van der Waals surface area (Å²) in [5.74, 6) is 6.37. The summed E-state index contributed by atoms with van der Waals surface area (Å²) in [5.41, 5.74) is 0.572. The van der Waals surface area contributed by atoms with Gasteiger partial charge in [0.05, 0.1) is 6.54 Å². The SMILES string of the molecule is CC(=O)O[C@@H](C(=O)O[C@@H](C#CCN1CCC[C@H]1COc1ccccc1)CC(C)C)c1ccccc1. The molecular formula is C29H35NO5. The summed E-state index contributed by atoms with van der Waals surface area (Å²) in [6, 6.07) is 19.0. The number of ether oxygens (including phenoxy) is 3. The van der Waals surface area contributed by atoms with Crippen molar-refractivity contribution in [3.8, 4) is 17.6 Å². The molecule has 0 amide bonds. The zero-order chi connectivity index (χ0) is 25.0. The molecule has 3 atom stereocenters. The van der Waals surface area contributed by atoms with Gasteiger partial charge in [-0.3, -0.25) is 9.69 Å². The van der Waals surface area contributed by atoms with Gasteiger partial charge in [-0.15, -0.1) is 0 Å². The van der Waals surface area contributed by atoms with Crippen LogP contribution in [-0.4, -0.2) is 48.7 Å². The van der Waals surface area contributed by atoms with Crippen LogP contribution in [0.5, 0.6) is 5.75 Å². The van der Waals surface area contributed by atoms with Gasteiger partial charge in [-0.25, -0.2) is 4.79 Å². The second kappa shape index (κ2) is 13.6. The van der Waals surface area contributed by atoms with E-state index in [0.717, 1.165) is 25.1 Å². The monoisotopic (exact) mass is 477 g/mol. The van der Waals surface area contributed by atoms with E-state index >= 15 is 0 Å². The summed E-state index contributed by atoms with van der Waals surface area (Å²) < 4.78 is 17.0. The maximum Gasteiger partial charge on any atom is 0.353 e. The van der Waals surface area contributed by atoms with E-state index in [1.165, 1.54) is 6.92 Å². The second-order valence-electron chi connectivity index (χ2n) is 9.17. The highest BCUT2D eigenvalue weighted by Crippen LogP contribution is 2.22. The van der Waals surface area contributed by atoms with Crippen LogP contribution in [0.4, 0.5) is 0 Å². The molecule has 35 heavy (non-hydrogen) atoms. The minimum atomic E-state index is -1.11. The lowest BCUT2D eigenvalue weighted by Gasteiger charge is -2.22. The maximum atomic E-state index is 13.0. The van der Waals surface area contributed by atoms with Crippen molar-refractivity contribution in [1.29, 1.82) is 0 Å². The fraction of sp³-hybridized carbons (Fsp3) is 0.448. The van der Waals surface area contributed by atoms with Gasteiger partial charge in [-0.2, -0.15) is 0 Å². The van der Waals surface area contributed by atoms with Crippen molar-refractivity contribution < 1.29 is 23.8 Å². The van der Waals surface area contributed by atoms with Crippen LogP contribution in [0.2, 0.25) is 0 Å². The van der Waals surface area contributed by atoms with Gasteiger partial charge in [0, 0.05) is 18.5 Å². The Morgan fingerprint density at radius 2 is 1.71 bits per heavy atom. The average Bonchev–Trinajstić information content (AvgIpc) is 3.29. The van der Waals surface area contributed by atoms with Crippen LogP contribution < -0.4 is 4.74 Å². The number of esters is 2. The summed E-state index contributed by atoms with van der Waals surface area (Å²) in [5, 5.41) is 0. The number of hydrogen-bond acceptors (Lipinski definition) is 6. The summed E-state index contributed by atoms with van der Waals surface area (Å²) in [6.45, 7) is 7.57. The maximum absolute atomic E-state index is 13.0. The Morgan fingerprint density at radius 1 is 1.03 bits per heavy atom. The lowest BCUT2D eigenvalue weighted by atomic mass is 10.1. The molecule has 0 N–H and O–H groups in total. The predicted molar refractivity (Wildman–Crippen MR) is 135 cm³/mol. The summed E-state index contributed by atoms with van der Waals surface area (Å²) in [6.07, 6.45) is 1.09. The molecule has 0 spiro atoms. The van der Waals surface area contributed by atoms with Crippen LogP contribution in [-0.2, 0) is 19.1 Å². The molecule has 2 aromatic carbocycles. The van der Waals surface area contributed by atoms with Crippen LogP contribution >= 0.6 is 0 Å². The molecule has 0 aromatic heterocycles. The van der Waals surface area contributed by atoms with Crippen molar-refractivity contribution in [3.05, 3.63) is 66.2 Å². The molecule has 0 radical (unpaired) electrons. The van der Waals surface area contributed by atoms with Crippen molar-refractivity contribution in [3.63, 3.8) is 0 Å². The highest BCUT2D eigenvalue weighted by atomic mass is 16.6. The van der Waals surface area contributed by atoms with Crippen LogP contribution in [0.25, 0.3) is 0 Å². The fourth-order valence-corrected chi connectivity index (χ4v) is 4.07. The van der Waals surface area contributed by atoms with E-state index in [1.807, 2.05) is 36.4 Å². The van der Waals surface area contributed by atoms with Crippen LogP contribution in [0.1, 0.15) is 51.7 Å². The number of carbonyl (C=O) groups excluding carboxylic acids is 2. The molecule has 2 aromatic rings. The molecule has 1 aliphatic rings. The van der Waals surface area contributed by atoms with Gasteiger partial charge < -0.3 is 14.2 Å². The van der Waals surface area contributed by atoms with Crippen molar-refractivity contribution >= 4 is 11.9 Å². The Bertz CT molecular complexity index is 996. The van der Waals surface area contributed by atoms with Gasteiger partial charge in [-0.05, 0) is 43.9 Å². The zero-order valence-corrected chi connectivity index (χ0v) is 20.8. The normalized spacial score (nSPS) is 17.2. The number of benzene rings is 2. The molecule has 186 valence electrons. The van der Waals surface area contributed by atoms with E-state index in [2.05, 4.69) is 30.6 Å². The Labute approximate surface area is 208 Å². The molecule has 0 unspecified atom stereocenters. The molecule has 3 rings (SSSR count). The third-order valence-corrected chi connectivity index (χ3v) is 5.77. The van der Waals surface area contributed by atoms with Crippen molar-refractivity contribution in [2.45, 2.75) is 58.3 Å². The van der Waals surface area contributed by atoms with Gasteiger partial charge in [0.25, 0.3) is 0 Å². The van der Waals surface area contributed by atoms with E-state index in [9.17, 15) is 9.59 Å². The van der Waals surface area contributed by atoms with Crippen LogP contribution in [0, 0.1) is 17.8 Å². The van der Waals surface area contributed by atoms with Gasteiger partial charge in [-0.1, -0.05) is 74.2 Å². The smallest absolute Gasteiger partial charge is 0.353 e. The number of carbonyl (C=O) groups is 2. The molecule has 6 heteroatoms. The minimum absolute atomic E-state index is 0.282. The average molecular weight is 478 g/mol. The van der Waals surface area contributed by atoms with Crippen LogP contribution in [0.3, 0.4) is 0 Å². The first-order valence-electron chi connectivity index (χ1n) is 12.2. The first-order chi connectivity index (χ1) is 16.9. The van der Waals surface area contributed by atoms with Crippen LogP contribution in [0.15, 0.2) is 60.7 Å². The summed E-state index contributed by atoms with van der Waals surface area (Å²) in [7, 11) is 0. The second-order valence-corrected chi connectivity index (χ2v) is 9.17. The number of nitrogens with zero attached hydrogens (tertiary/aromatic N) is 1. The van der Waals surface area contributed by atoms with Gasteiger partial charge in [0.1, 0.15) is 12.4 Å². The summed E-state index contributed by atoms with van der Waals surface area (Å²) in [4.78, 5) is 26.9. The highest BCUT2D eigenvalue weighted by Gasteiger charge is 2.28. The first kappa shape index (κ1) is 26.3. The molecule has 1 aliphatic heterocycles. The Kier molecular flexibility index (Phi) is 10.2. The van der Waals surface area contributed by atoms with Gasteiger partial charge >= 0.3 is 11.9 Å². The number of rotatable bonds is 10. The molecule has 0 saturated carbocycles. The molecule has 0 bridgehead atoms. The largest absolute Gasteiger partial charge is 0.492 e. The standard InChI is InChI=1S/C29H35NO5/c1-22(2)20-27(35-29(32)28(34-23(3)31)24-12-6-4-7-13-24)17-11-19-30-18-10-14-25(30)21-33-26-15-8-5-9-16-26/h4-9,12-13,15-16,22,25,27-28H,10,14,18-21H2,1-3H3/t25-,27-,28+/m0/s1. The molecule has 0 aliphatic carbocycles. The van der Waals surface area contributed by atoms with E-state index < -0.39 is 24.1 Å². The fourth-order valence-electron chi connectivity index (χ4n) is 4.07. The highest BCUT2D eigenvalue weighted by molar-refractivity contribution is 5.80. The minimum Gasteiger partial charge on any atom is -0.492 e. The summed E-state index contributed by atoms with van der Waals surface area (Å²) >= 11 is 0. The van der Waals surface area contributed by atoms with E-state index in [1.54, 1.807) is 24.3 Å². The quantitative estimate of drug-likeness (QED) is 0.362. The Hall–Kier alpha value is -3.30. The van der Waals surface area contributed by atoms with E-state index in [0.29, 0.717) is 31.2 Å². The van der Waals surface area contributed by atoms with E-state index in [-0.39, 0.29) is 5.92 Å². The topological polar surface area (TPSA) is 65.1 Å². The van der Waals surface area contributed by atoms with E-state index in [4.69, 9.17) is 14.2 Å². The third kappa shape index (κ3) is 8.77. The molecule has 1 heterocycles. The number of hydrogen-bond donors (Lipinski definition) is 0. The lowest BCUT2D eigenvalue weighted by Crippen LogP contribution is -2.34.